The third-order valence-electron chi connectivity index (χ3n) is 6.82. The predicted molar refractivity (Wildman–Crippen MR) is 128 cm³/mol. The Kier molecular flexibility index (Phi) is 7.36. The van der Waals surface area contributed by atoms with Crippen molar-refractivity contribution >= 4 is 29.0 Å². The van der Waals surface area contributed by atoms with Crippen LogP contribution in [0.3, 0.4) is 0 Å². The summed E-state index contributed by atoms with van der Waals surface area (Å²) in [4.78, 5) is 10.9. The molecule has 0 saturated carbocycles. The lowest BCUT2D eigenvalue weighted by Gasteiger charge is -2.41. The topological polar surface area (TPSA) is 64.9 Å². The van der Waals surface area contributed by atoms with Gasteiger partial charge in [-0.2, -0.15) is 4.99 Å². The molecular formula is C21H43N3O4Si2. The zero-order valence-electron chi connectivity index (χ0n) is 21.1. The fraction of sp³-hybridized carbons (Fsp3) is 0.905. The molecule has 0 spiro atoms. The van der Waals surface area contributed by atoms with E-state index in [0.29, 0.717) is 12.6 Å². The first-order chi connectivity index (χ1) is 13.4. The van der Waals surface area contributed by atoms with Crippen molar-refractivity contribution in [2.45, 2.75) is 102 Å². The van der Waals surface area contributed by atoms with Crippen LogP contribution in [0.4, 0.5) is 0 Å². The summed E-state index contributed by atoms with van der Waals surface area (Å²) in [6.45, 7) is 23.0. The highest BCUT2D eigenvalue weighted by Gasteiger charge is 2.54. The second-order valence-electron chi connectivity index (χ2n) is 11.7. The predicted octanol–water partition coefficient (Wildman–Crippen LogP) is 4.47. The lowest BCUT2D eigenvalue weighted by molar-refractivity contribution is -0.0936. The molecule has 7 nitrogen and oxygen atoms in total. The van der Waals surface area contributed by atoms with Crippen LogP contribution in [0.2, 0.25) is 36.3 Å². The summed E-state index contributed by atoms with van der Waals surface area (Å²) < 4.78 is 25.5. The molecule has 4 atom stereocenters. The lowest BCUT2D eigenvalue weighted by Crippen LogP contribution is -2.50. The Morgan fingerprint density at radius 2 is 1.60 bits per heavy atom. The van der Waals surface area contributed by atoms with E-state index >= 15 is 0 Å². The molecule has 0 N–H and O–H groups in total. The van der Waals surface area contributed by atoms with Gasteiger partial charge in [0, 0.05) is 14.1 Å². The van der Waals surface area contributed by atoms with E-state index in [1.54, 1.807) is 6.34 Å². The number of hydrogen-bond acceptors (Lipinski definition) is 6. The van der Waals surface area contributed by atoms with Gasteiger partial charge in [-0.25, -0.2) is 4.99 Å². The van der Waals surface area contributed by atoms with Crippen LogP contribution in [0.15, 0.2) is 9.98 Å². The van der Waals surface area contributed by atoms with Crippen molar-refractivity contribution in [2.24, 2.45) is 9.98 Å². The van der Waals surface area contributed by atoms with Crippen molar-refractivity contribution in [3.8, 4) is 0 Å². The molecule has 0 amide bonds. The molecular weight excluding hydrogens is 414 g/mol. The molecule has 9 heteroatoms. The second-order valence-corrected chi connectivity index (χ2v) is 21.3. The molecule has 0 radical (unpaired) electrons. The molecule has 30 heavy (non-hydrogen) atoms. The third-order valence-corrected chi connectivity index (χ3v) is 15.8. The van der Waals surface area contributed by atoms with Gasteiger partial charge in [0.25, 0.3) is 0 Å². The maximum atomic E-state index is 6.81. The summed E-state index contributed by atoms with van der Waals surface area (Å²) in [5.41, 5.74) is 0. The van der Waals surface area contributed by atoms with E-state index in [2.05, 4.69) is 72.7 Å². The molecule has 0 bridgehead atoms. The highest BCUT2D eigenvalue weighted by Crippen LogP contribution is 2.42. The summed E-state index contributed by atoms with van der Waals surface area (Å²) in [7, 11) is -0.118. The van der Waals surface area contributed by atoms with E-state index in [-0.39, 0.29) is 28.3 Å². The molecule has 2 aliphatic rings. The van der Waals surface area contributed by atoms with Crippen LogP contribution in [-0.2, 0) is 18.3 Å². The van der Waals surface area contributed by atoms with Crippen LogP contribution in [0, 0.1) is 0 Å². The van der Waals surface area contributed by atoms with Gasteiger partial charge in [-0.15, -0.1) is 0 Å². The minimum absolute atomic E-state index is 0.0883. The van der Waals surface area contributed by atoms with Crippen LogP contribution in [0.5, 0.6) is 0 Å². The number of fused-ring (bicyclic) bond motifs is 1. The first kappa shape index (κ1) is 25.5. The number of aliphatic imine (C=N–C) groups is 2. The molecule has 2 heterocycles. The summed E-state index contributed by atoms with van der Waals surface area (Å²) in [5.74, 6) is 0. The minimum Gasteiger partial charge on any atom is -0.431 e. The van der Waals surface area contributed by atoms with Gasteiger partial charge in [0.15, 0.2) is 16.6 Å². The molecule has 0 unspecified atom stereocenters. The Labute approximate surface area is 185 Å². The average Bonchev–Trinajstić information content (AvgIpc) is 3.07. The van der Waals surface area contributed by atoms with E-state index in [1.165, 1.54) is 0 Å². The SMILES string of the molecule is CN(C)C=NC1=N[C@@H]2[C@H](O1)O[C@H](CO[Si](C)(C)C(C)(C)C)[C@H]2O[Si](C)(C)C(C)(C)C. The van der Waals surface area contributed by atoms with Gasteiger partial charge in [-0.1, -0.05) is 41.5 Å². The highest BCUT2D eigenvalue weighted by molar-refractivity contribution is 6.74. The Balaban J connectivity index is 2.23. The molecule has 2 rings (SSSR count). The molecule has 0 aromatic heterocycles. The van der Waals surface area contributed by atoms with Gasteiger partial charge in [-0.05, 0) is 36.3 Å². The van der Waals surface area contributed by atoms with Crippen molar-refractivity contribution in [1.82, 2.24) is 4.90 Å². The average molecular weight is 458 g/mol. The van der Waals surface area contributed by atoms with Crippen molar-refractivity contribution < 1.29 is 18.3 Å². The molecule has 2 aliphatic heterocycles. The largest absolute Gasteiger partial charge is 0.431 e. The summed E-state index contributed by atoms with van der Waals surface area (Å²) in [6, 6.07) is 0.132. The van der Waals surface area contributed by atoms with Crippen LogP contribution >= 0.6 is 0 Å². The Morgan fingerprint density at radius 1 is 1.03 bits per heavy atom. The van der Waals surface area contributed by atoms with Gasteiger partial charge in [0.2, 0.25) is 6.29 Å². The van der Waals surface area contributed by atoms with Crippen LogP contribution < -0.4 is 0 Å². The molecule has 0 aromatic carbocycles. The van der Waals surface area contributed by atoms with Crippen molar-refractivity contribution in [3.05, 3.63) is 0 Å². The monoisotopic (exact) mass is 457 g/mol. The van der Waals surface area contributed by atoms with Gasteiger partial charge in [0.1, 0.15) is 18.2 Å². The Bertz CT molecular complexity index is 666. The van der Waals surface area contributed by atoms with Crippen LogP contribution in [-0.4, -0.2) is 79.1 Å². The third kappa shape index (κ3) is 5.73. The molecule has 0 aromatic rings. The van der Waals surface area contributed by atoms with Crippen molar-refractivity contribution in [1.29, 1.82) is 0 Å². The zero-order chi connectivity index (χ0) is 23.1. The van der Waals surface area contributed by atoms with Crippen LogP contribution in [0.1, 0.15) is 41.5 Å². The molecule has 0 aliphatic carbocycles. The number of hydrogen-bond donors (Lipinski definition) is 0. The summed E-state index contributed by atoms with van der Waals surface area (Å²) >= 11 is 0. The number of nitrogens with zero attached hydrogens (tertiary/aromatic N) is 3. The van der Waals surface area contributed by atoms with Crippen molar-refractivity contribution in [2.75, 3.05) is 20.7 Å². The summed E-state index contributed by atoms with van der Waals surface area (Å²) in [5, 5.41) is 0.227. The van der Waals surface area contributed by atoms with Gasteiger partial charge >= 0.3 is 6.02 Å². The van der Waals surface area contributed by atoms with E-state index in [4.69, 9.17) is 23.3 Å². The first-order valence-corrected chi connectivity index (χ1v) is 16.7. The van der Waals surface area contributed by atoms with Gasteiger partial charge in [0.05, 0.1) is 12.9 Å². The van der Waals surface area contributed by atoms with Crippen LogP contribution in [0.25, 0.3) is 0 Å². The van der Waals surface area contributed by atoms with E-state index in [9.17, 15) is 0 Å². The van der Waals surface area contributed by atoms with E-state index in [1.807, 2.05) is 19.0 Å². The minimum atomic E-state index is -2.04. The normalized spacial score (nSPS) is 27.9. The smallest absolute Gasteiger partial charge is 0.316 e. The summed E-state index contributed by atoms with van der Waals surface area (Å²) in [6.07, 6.45) is 0.808. The maximum absolute atomic E-state index is 6.81. The first-order valence-electron chi connectivity index (χ1n) is 10.9. The maximum Gasteiger partial charge on any atom is 0.316 e. The van der Waals surface area contributed by atoms with Gasteiger partial charge in [-0.3, -0.25) is 0 Å². The molecule has 1 saturated heterocycles. The zero-order valence-corrected chi connectivity index (χ0v) is 23.1. The number of ether oxygens (including phenoxy) is 2. The Hall–Kier alpha value is -0.746. The fourth-order valence-electron chi connectivity index (χ4n) is 2.73. The quantitative estimate of drug-likeness (QED) is 0.334. The number of rotatable bonds is 6. The van der Waals surface area contributed by atoms with Crippen molar-refractivity contribution in [3.63, 3.8) is 0 Å². The number of amidine groups is 1. The Morgan fingerprint density at radius 3 is 2.10 bits per heavy atom. The fourth-order valence-corrected chi connectivity index (χ4v) is 5.07. The highest BCUT2D eigenvalue weighted by atomic mass is 28.4. The molecule has 1 fully saturated rings. The van der Waals surface area contributed by atoms with E-state index < -0.39 is 22.9 Å². The second kappa shape index (κ2) is 8.65. The standard InChI is InChI=1S/C21H43N3O4Si2/c1-20(2,3)29(9,10)25-13-15-17(28-30(11,12)21(4,5)6)16-18(26-15)27-19(23-16)22-14-24(7)8/h14-18H,13H2,1-12H3/t15-,16+,17-,18+/m1/s1. The molecule has 174 valence electrons. The van der Waals surface area contributed by atoms with E-state index in [0.717, 1.165) is 0 Å². The lowest BCUT2D eigenvalue weighted by atomic mass is 10.1. The van der Waals surface area contributed by atoms with Gasteiger partial charge < -0.3 is 23.2 Å².